The lowest BCUT2D eigenvalue weighted by Gasteiger charge is -2.43. The maximum Gasteiger partial charge on any atom is 0.241 e. The second-order valence-corrected chi connectivity index (χ2v) is 8.27. The van der Waals surface area contributed by atoms with Crippen LogP contribution in [0, 0.1) is 17.8 Å². The van der Waals surface area contributed by atoms with Crippen molar-refractivity contribution in [3.63, 3.8) is 0 Å². The number of carbonyl (C=O) groups excluding carboxylic acids is 2. The van der Waals surface area contributed by atoms with Gasteiger partial charge in [0.05, 0.1) is 11.9 Å². The molecule has 2 saturated carbocycles. The van der Waals surface area contributed by atoms with E-state index in [4.69, 9.17) is 5.73 Å². The zero-order valence-corrected chi connectivity index (χ0v) is 18.8. The molecule has 0 spiro atoms. The highest BCUT2D eigenvalue weighted by molar-refractivity contribution is 5.92. The molecule has 1 heterocycles. The van der Waals surface area contributed by atoms with E-state index in [1.165, 1.54) is 6.42 Å². The lowest BCUT2D eigenvalue weighted by atomic mass is 9.65. The molecule has 2 bridgehead atoms. The summed E-state index contributed by atoms with van der Waals surface area (Å²) < 4.78 is 1.55. The number of likely N-dealkylation sites (N-methyl/N-ethyl adjacent to an activating group) is 1. The smallest absolute Gasteiger partial charge is 0.241 e. The van der Waals surface area contributed by atoms with Gasteiger partial charge >= 0.3 is 0 Å². The zero-order chi connectivity index (χ0) is 19.4. The number of amides is 2. The fourth-order valence-electron chi connectivity index (χ4n) is 4.38. The van der Waals surface area contributed by atoms with Crippen molar-refractivity contribution in [3.8, 4) is 0 Å². The Labute approximate surface area is 185 Å². The van der Waals surface area contributed by atoms with Gasteiger partial charge in [0.1, 0.15) is 6.54 Å². The average Bonchev–Trinajstić information content (AvgIpc) is 3.00. The highest BCUT2D eigenvalue weighted by Gasteiger charge is 2.40. The largest absolute Gasteiger partial charge is 0.353 e. The van der Waals surface area contributed by atoms with Gasteiger partial charge in [-0.05, 0) is 51.6 Å². The van der Waals surface area contributed by atoms with Crippen LogP contribution in [-0.2, 0) is 16.1 Å². The molecule has 4 N–H and O–H groups in total. The summed E-state index contributed by atoms with van der Waals surface area (Å²) in [5.74, 6) is 0.933. The Morgan fingerprint density at radius 1 is 1.24 bits per heavy atom. The predicted octanol–water partition coefficient (Wildman–Crippen LogP) is 1.50. The zero-order valence-electron chi connectivity index (χ0n) is 17.2. The molecular weight excluding hydrogens is 415 g/mol. The van der Waals surface area contributed by atoms with E-state index in [0.717, 1.165) is 32.2 Å². The standard InChI is InChI=1S/C19H32N6O2.2ClH/c1-24(2)7-6-21-17(26)12-25-11-16(10-22-25)23-19(27)15-8-13-4-3-5-14(9-15)18(13)20;;/h10-11,13-15,18H,3-9,12,20H2,1-2H3,(H,21,26)(H,23,27);2*1H. The van der Waals surface area contributed by atoms with E-state index in [0.29, 0.717) is 24.1 Å². The highest BCUT2D eigenvalue weighted by atomic mass is 35.5. The fraction of sp³-hybridized carbons (Fsp3) is 0.737. The summed E-state index contributed by atoms with van der Waals surface area (Å²) in [5.41, 5.74) is 6.95. The Bertz CT molecular complexity index is 655. The van der Waals surface area contributed by atoms with Gasteiger partial charge < -0.3 is 21.3 Å². The van der Waals surface area contributed by atoms with E-state index in [-0.39, 0.29) is 55.1 Å². The number of fused-ring (bicyclic) bond motifs is 2. The summed E-state index contributed by atoms with van der Waals surface area (Å²) in [4.78, 5) is 26.6. The molecule has 1 aromatic heterocycles. The second kappa shape index (κ2) is 11.7. The number of halogens is 2. The molecular formula is C19H34Cl2N6O2. The first-order valence-corrected chi connectivity index (χ1v) is 9.92. The first kappa shape index (κ1) is 25.7. The molecule has 3 rings (SSSR count). The molecule has 29 heavy (non-hydrogen) atoms. The van der Waals surface area contributed by atoms with Crippen LogP contribution in [0.4, 0.5) is 5.69 Å². The molecule has 0 saturated heterocycles. The van der Waals surface area contributed by atoms with Gasteiger partial charge in [0.15, 0.2) is 0 Å². The molecule has 2 aliphatic rings. The van der Waals surface area contributed by atoms with Crippen LogP contribution in [0.1, 0.15) is 32.1 Å². The molecule has 2 aliphatic carbocycles. The number of aromatic nitrogens is 2. The quantitative estimate of drug-likeness (QED) is 0.585. The number of rotatable bonds is 7. The molecule has 166 valence electrons. The summed E-state index contributed by atoms with van der Waals surface area (Å²) in [5, 5.41) is 9.99. The van der Waals surface area contributed by atoms with Crippen LogP contribution >= 0.6 is 24.8 Å². The average molecular weight is 449 g/mol. The first-order chi connectivity index (χ1) is 12.9. The van der Waals surface area contributed by atoms with Crippen molar-refractivity contribution in [1.29, 1.82) is 0 Å². The monoisotopic (exact) mass is 448 g/mol. The Kier molecular flexibility index (Phi) is 10.4. The third-order valence-electron chi connectivity index (χ3n) is 5.87. The Morgan fingerprint density at radius 2 is 1.90 bits per heavy atom. The minimum atomic E-state index is -0.0908. The summed E-state index contributed by atoms with van der Waals surface area (Å²) in [6.07, 6.45) is 8.59. The molecule has 0 radical (unpaired) electrons. The van der Waals surface area contributed by atoms with Gasteiger partial charge in [-0.25, -0.2) is 0 Å². The molecule has 0 aliphatic heterocycles. The molecule has 2 amide bonds. The number of hydrogen-bond donors (Lipinski definition) is 3. The van der Waals surface area contributed by atoms with Crippen LogP contribution < -0.4 is 16.4 Å². The summed E-state index contributed by atoms with van der Waals surface area (Å²) in [6, 6.07) is 0.261. The lowest BCUT2D eigenvalue weighted by molar-refractivity contribution is -0.123. The minimum Gasteiger partial charge on any atom is -0.353 e. The van der Waals surface area contributed by atoms with Crippen molar-refractivity contribution in [1.82, 2.24) is 20.0 Å². The third-order valence-corrected chi connectivity index (χ3v) is 5.87. The maximum atomic E-state index is 12.7. The SMILES string of the molecule is CN(C)CCNC(=O)Cn1cc(NC(=O)C2CC3CCCC(C2)C3N)cn1.Cl.Cl. The third kappa shape index (κ3) is 7.13. The van der Waals surface area contributed by atoms with E-state index >= 15 is 0 Å². The van der Waals surface area contributed by atoms with Crippen molar-refractivity contribution in [2.45, 2.75) is 44.7 Å². The highest BCUT2D eigenvalue weighted by Crippen LogP contribution is 2.42. The normalized spacial score (nSPS) is 25.5. The van der Waals surface area contributed by atoms with Gasteiger partial charge in [-0.3, -0.25) is 14.3 Å². The lowest BCUT2D eigenvalue weighted by Crippen LogP contribution is -2.48. The molecule has 2 atom stereocenters. The number of carbonyl (C=O) groups is 2. The number of nitrogens with one attached hydrogen (secondary N) is 2. The summed E-state index contributed by atoms with van der Waals surface area (Å²) in [6.45, 7) is 1.54. The van der Waals surface area contributed by atoms with Crippen LogP contribution in [0.2, 0.25) is 0 Å². The molecule has 2 fully saturated rings. The van der Waals surface area contributed by atoms with Gasteiger partial charge in [-0.2, -0.15) is 5.10 Å². The number of anilines is 1. The second-order valence-electron chi connectivity index (χ2n) is 8.27. The van der Waals surface area contributed by atoms with E-state index in [9.17, 15) is 9.59 Å². The number of nitrogens with zero attached hydrogens (tertiary/aromatic N) is 3. The van der Waals surface area contributed by atoms with Gasteiger partial charge in [-0.1, -0.05) is 6.42 Å². The molecule has 2 unspecified atom stereocenters. The first-order valence-electron chi connectivity index (χ1n) is 9.92. The van der Waals surface area contributed by atoms with Crippen molar-refractivity contribution in [2.75, 3.05) is 32.5 Å². The summed E-state index contributed by atoms with van der Waals surface area (Å²) >= 11 is 0. The van der Waals surface area contributed by atoms with Crippen molar-refractivity contribution < 1.29 is 9.59 Å². The maximum absolute atomic E-state index is 12.7. The van der Waals surface area contributed by atoms with Crippen molar-refractivity contribution in [3.05, 3.63) is 12.4 Å². The van der Waals surface area contributed by atoms with Gasteiger partial charge in [-0.15, -0.1) is 24.8 Å². The van der Waals surface area contributed by atoms with Crippen LogP contribution in [-0.4, -0.2) is 59.7 Å². The molecule has 1 aromatic rings. The van der Waals surface area contributed by atoms with Crippen LogP contribution in [0.3, 0.4) is 0 Å². The van der Waals surface area contributed by atoms with E-state index in [1.54, 1.807) is 17.1 Å². The Morgan fingerprint density at radius 3 is 2.52 bits per heavy atom. The van der Waals surface area contributed by atoms with E-state index in [2.05, 4.69) is 15.7 Å². The molecule has 10 heteroatoms. The summed E-state index contributed by atoms with van der Waals surface area (Å²) in [7, 11) is 3.92. The van der Waals surface area contributed by atoms with Gasteiger partial charge in [0.2, 0.25) is 11.8 Å². The van der Waals surface area contributed by atoms with E-state index in [1.807, 2.05) is 19.0 Å². The van der Waals surface area contributed by atoms with Crippen molar-refractivity contribution in [2.24, 2.45) is 23.5 Å². The number of nitrogens with two attached hydrogens (primary N) is 1. The number of hydrogen-bond acceptors (Lipinski definition) is 5. The molecule has 8 nitrogen and oxygen atoms in total. The van der Waals surface area contributed by atoms with Crippen LogP contribution in [0.15, 0.2) is 12.4 Å². The van der Waals surface area contributed by atoms with Crippen LogP contribution in [0.25, 0.3) is 0 Å². The fourth-order valence-corrected chi connectivity index (χ4v) is 4.38. The Hall–Kier alpha value is -1.35. The predicted molar refractivity (Wildman–Crippen MR) is 118 cm³/mol. The molecule has 0 aromatic carbocycles. The van der Waals surface area contributed by atoms with Gasteiger partial charge in [0.25, 0.3) is 0 Å². The topological polar surface area (TPSA) is 105 Å². The van der Waals surface area contributed by atoms with E-state index < -0.39 is 0 Å². The van der Waals surface area contributed by atoms with Gasteiger partial charge in [0, 0.05) is 31.2 Å². The Balaban J connectivity index is 0.00000210. The minimum absolute atomic E-state index is 0. The van der Waals surface area contributed by atoms with Crippen molar-refractivity contribution >= 4 is 42.3 Å². The van der Waals surface area contributed by atoms with Crippen LogP contribution in [0.5, 0.6) is 0 Å².